The highest BCUT2D eigenvalue weighted by atomic mass is 33.2. The van der Waals surface area contributed by atoms with Gasteiger partial charge in [0.1, 0.15) is 0 Å². The molecule has 4 N–H and O–H groups in total. The molecule has 0 aromatic heterocycles. The summed E-state index contributed by atoms with van der Waals surface area (Å²) in [6.45, 7) is 2.97. The van der Waals surface area contributed by atoms with Gasteiger partial charge in [-0.1, -0.05) is 0 Å². The lowest BCUT2D eigenvalue weighted by Gasteiger charge is -2.05. The van der Waals surface area contributed by atoms with Crippen molar-refractivity contribution in [2.24, 2.45) is 0 Å². The van der Waals surface area contributed by atoms with Crippen molar-refractivity contribution in [3.05, 3.63) is 0 Å². The van der Waals surface area contributed by atoms with Crippen molar-refractivity contribution in [1.29, 1.82) is 0 Å². The first-order chi connectivity index (χ1) is 9.71. The molecule has 0 aromatic rings. The zero-order valence-electron chi connectivity index (χ0n) is 11.5. The van der Waals surface area contributed by atoms with Gasteiger partial charge in [-0.05, 0) is 67.0 Å². The molecule has 0 radical (unpaired) electrons. The molecule has 0 atom stereocenters. The van der Waals surface area contributed by atoms with Crippen molar-refractivity contribution < 1.29 is 25.9 Å². The molecule has 12 heteroatoms. The van der Waals surface area contributed by atoms with Crippen molar-refractivity contribution in [3.8, 4) is 0 Å². The zero-order chi connectivity index (χ0) is 16.2. The maximum atomic E-state index is 10.4. The smallest absolute Gasteiger partial charge is 0.317 e. The lowest BCUT2D eigenvalue weighted by Crippen LogP contribution is -2.23. The van der Waals surface area contributed by atoms with Crippen LogP contribution in [0.1, 0.15) is 19.3 Å². The molecule has 0 bridgehead atoms. The number of nitrogens with one attached hydrogen (secondary N) is 2. The second kappa shape index (κ2) is 11.9. The van der Waals surface area contributed by atoms with Gasteiger partial charge in [0.15, 0.2) is 0 Å². The average molecular weight is 383 g/mol. The van der Waals surface area contributed by atoms with Gasteiger partial charge < -0.3 is 10.6 Å². The predicted molar refractivity (Wildman–Crippen MR) is 87.6 cm³/mol. The van der Waals surface area contributed by atoms with E-state index in [2.05, 4.69) is 10.6 Å². The average Bonchev–Trinajstić information content (AvgIpc) is 2.32. The van der Waals surface area contributed by atoms with E-state index in [1.165, 1.54) is 0 Å². The van der Waals surface area contributed by atoms with Crippen molar-refractivity contribution >= 4 is 39.9 Å². The molecular formula is C9H22N2O6S4. The lowest BCUT2D eigenvalue weighted by molar-refractivity contribution is 0.500. The Bertz CT molecular complexity index is 411. The van der Waals surface area contributed by atoms with Gasteiger partial charge in [-0.15, -0.1) is 0 Å². The fraction of sp³-hybridized carbons (Fsp3) is 1.00. The zero-order valence-corrected chi connectivity index (χ0v) is 14.8. The number of hydrogen-bond donors (Lipinski definition) is 4. The van der Waals surface area contributed by atoms with Gasteiger partial charge >= 0.3 is 18.3 Å². The van der Waals surface area contributed by atoms with Crippen molar-refractivity contribution in [1.82, 2.24) is 10.6 Å². The molecule has 0 unspecified atom stereocenters. The predicted octanol–water partition coefficient (Wildman–Crippen LogP) is 0.408. The van der Waals surface area contributed by atoms with E-state index in [1.807, 2.05) is 0 Å². The highest BCUT2D eigenvalue weighted by molar-refractivity contribution is 8.70. The van der Waals surface area contributed by atoms with Crippen LogP contribution in [0, 0.1) is 0 Å². The van der Waals surface area contributed by atoms with Gasteiger partial charge in [-0.25, -0.2) is 0 Å². The van der Waals surface area contributed by atoms with Crippen LogP contribution in [-0.4, -0.2) is 63.6 Å². The Morgan fingerprint density at radius 1 is 0.667 bits per heavy atom. The quantitative estimate of drug-likeness (QED) is 0.190. The minimum atomic E-state index is -3.92. The van der Waals surface area contributed by atoms with Crippen molar-refractivity contribution in [2.45, 2.75) is 19.3 Å². The molecular weight excluding hydrogens is 360 g/mol. The summed E-state index contributed by atoms with van der Waals surface area (Å²) < 4.78 is 58.6. The Hall–Kier alpha value is 0.440. The van der Waals surface area contributed by atoms with Crippen LogP contribution in [0.2, 0.25) is 0 Å². The fourth-order valence-electron chi connectivity index (χ4n) is 1.31. The van der Waals surface area contributed by atoms with Gasteiger partial charge in [-0.3, -0.25) is 9.11 Å². The molecule has 0 saturated heterocycles. The largest absolute Gasteiger partial charge is 0.319 e. The van der Waals surface area contributed by atoms with Crippen LogP contribution >= 0.6 is 21.6 Å². The Labute approximate surface area is 133 Å². The molecule has 0 heterocycles. The summed E-state index contributed by atoms with van der Waals surface area (Å²) in [7, 11) is -6.79. The number of rotatable bonds is 14. The molecule has 8 nitrogen and oxygen atoms in total. The second-order valence-electron chi connectivity index (χ2n) is 4.06. The Morgan fingerprint density at radius 2 is 1.00 bits per heavy atom. The molecule has 0 amide bonds. The normalized spacial score (nSPS) is 12.7. The van der Waals surface area contributed by atoms with Gasteiger partial charge in [0.25, 0.3) is 0 Å². The van der Waals surface area contributed by atoms with Crippen LogP contribution in [0.25, 0.3) is 0 Å². The molecule has 0 aliphatic carbocycles. The summed E-state index contributed by atoms with van der Waals surface area (Å²) in [6, 6.07) is 0. The standard InChI is InChI=1S/C9H22N2O6S4/c12-20(13,14)18-8-2-6-10-4-1-5-11-7-3-9-19-21(15,16)17/h10-11H,1-9H2,(H,12,13,14)(H,15,16,17). The van der Waals surface area contributed by atoms with E-state index in [0.717, 1.165) is 19.5 Å². The highest BCUT2D eigenvalue weighted by Crippen LogP contribution is 2.10. The van der Waals surface area contributed by atoms with Gasteiger partial charge in [0.2, 0.25) is 0 Å². The summed E-state index contributed by atoms with van der Waals surface area (Å²) in [5.41, 5.74) is 0. The Morgan fingerprint density at radius 3 is 1.33 bits per heavy atom. The molecule has 0 spiro atoms. The summed E-state index contributed by atoms with van der Waals surface area (Å²) in [5.74, 6) is 0.713. The van der Waals surface area contributed by atoms with E-state index in [9.17, 15) is 16.8 Å². The molecule has 0 aliphatic rings. The maximum Gasteiger partial charge on any atom is 0.319 e. The monoisotopic (exact) mass is 382 g/mol. The molecule has 0 saturated carbocycles. The molecule has 0 aliphatic heterocycles. The first-order valence-corrected chi connectivity index (χ1v) is 12.2. The summed E-state index contributed by atoms with van der Waals surface area (Å²) >= 11 is 0. The first-order valence-electron chi connectivity index (χ1n) is 6.36. The van der Waals surface area contributed by atoms with E-state index >= 15 is 0 Å². The van der Waals surface area contributed by atoms with Gasteiger partial charge in [-0.2, -0.15) is 16.8 Å². The van der Waals surface area contributed by atoms with Crippen LogP contribution in [0.4, 0.5) is 0 Å². The lowest BCUT2D eigenvalue weighted by atomic mass is 10.4. The van der Waals surface area contributed by atoms with E-state index in [1.54, 1.807) is 0 Å². The molecule has 128 valence electrons. The second-order valence-corrected chi connectivity index (χ2v) is 11.0. The highest BCUT2D eigenvalue weighted by Gasteiger charge is 2.04. The first kappa shape index (κ1) is 21.4. The van der Waals surface area contributed by atoms with Crippen LogP contribution in [0.3, 0.4) is 0 Å². The maximum absolute atomic E-state index is 10.4. The topological polar surface area (TPSA) is 133 Å². The van der Waals surface area contributed by atoms with Crippen LogP contribution in [0.5, 0.6) is 0 Å². The van der Waals surface area contributed by atoms with E-state index in [4.69, 9.17) is 9.11 Å². The van der Waals surface area contributed by atoms with Gasteiger partial charge in [0.05, 0.1) is 0 Å². The van der Waals surface area contributed by atoms with Crippen LogP contribution in [0.15, 0.2) is 0 Å². The fourth-order valence-corrected chi connectivity index (χ4v) is 4.23. The van der Waals surface area contributed by atoms with E-state index < -0.39 is 18.3 Å². The third kappa shape index (κ3) is 20.4. The Kier molecular flexibility index (Phi) is 12.2. The molecule has 21 heavy (non-hydrogen) atoms. The Balaban J connectivity index is 3.16. The minimum absolute atomic E-state index is 0.357. The van der Waals surface area contributed by atoms with Crippen LogP contribution in [-0.2, 0) is 18.3 Å². The third-order valence-corrected chi connectivity index (χ3v) is 6.46. The summed E-state index contributed by atoms with van der Waals surface area (Å²) in [5, 5.41) is 6.29. The summed E-state index contributed by atoms with van der Waals surface area (Å²) in [6.07, 6.45) is 2.21. The molecule has 0 rings (SSSR count). The SMILES string of the molecule is O=S(=O)(O)SCCCNCCCNCCCSS(=O)(=O)O. The number of hydrogen-bond acceptors (Lipinski definition) is 8. The minimum Gasteiger partial charge on any atom is -0.317 e. The molecule has 0 fully saturated rings. The summed E-state index contributed by atoms with van der Waals surface area (Å²) in [4.78, 5) is 0. The van der Waals surface area contributed by atoms with Crippen molar-refractivity contribution in [2.75, 3.05) is 37.7 Å². The van der Waals surface area contributed by atoms with E-state index in [-0.39, 0.29) is 0 Å². The third-order valence-electron chi connectivity index (χ3n) is 2.17. The molecule has 0 aromatic carbocycles. The van der Waals surface area contributed by atoms with E-state index in [0.29, 0.717) is 59.0 Å². The van der Waals surface area contributed by atoms with Crippen molar-refractivity contribution in [3.63, 3.8) is 0 Å². The van der Waals surface area contributed by atoms with Gasteiger partial charge in [0, 0.05) is 11.5 Å². The van der Waals surface area contributed by atoms with Crippen LogP contribution < -0.4 is 10.6 Å².